The summed E-state index contributed by atoms with van der Waals surface area (Å²) in [4.78, 5) is 12.2. The number of carbonyl (C=O) groups is 1. The zero-order valence-electron chi connectivity index (χ0n) is 10.6. The summed E-state index contributed by atoms with van der Waals surface area (Å²) in [7, 11) is 0. The van der Waals surface area contributed by atoms with E-state index in [1.165, 1.54) is 12.1 Å². The zero-order chi connectivity index (χ0) is 14.1. The first-order valence-electron chi connectivity index (χ1n) is 6.40. The highest BCUT2D eigenvalue weighted by molar-refractivity contribution is 6.30. The van der Waals surface area contributed by atoms with Gasteiger partial charge in [0, 0.05) is 10.6 Å². The minimum Gasteiger partial charge on any atom is -0.490 e. The number of hydrogen-bond donors (Lipinski definition) is 0. The largest absolute Gasteiger partial charge is 0.490 e. The fraction of sp³-hybridized carbons (Fsp3) is 0.188. The van der Waals surface area contributed by atoms with Crippen molar-refractivity contribution in [2.75, 3.05) is 0 Å². The Labute approximate surface area is 121 Å². The van der Waals surface area contributed by atoms with Crippen molar-refractivity contribution in [3.05, 3.63) is 64.4 Å². The van der Waals surface area contributed by atoms with Gasteiger partial charge in [0.25, 0.3) is 0 Å². The van der Waals surface area contributed by atoms with E-state index in [-0.39, 0.29) is 16.4 Å². The molecule has 102 valence electrons. The SMILES string of the molecule is O=C(c1ccc(OC2CC2)cc1)c1ccc(Cl)cc1F. The maximum Gasteiger partial charge on any atom is 0.195 e. The van der Waals surface area contributed by atoms with Gasteiger partial charge in [0.05, 0.1) is 11.7 Å². The van der Waals surface area contributed by atoms with E-state index in [1.54, 1.807) is 24.3 Å². The summed E-state index contributed by atoms with van der Waals surface area (Å²) in [5.41, 5.74) is 0.444. The van der Waals surface area contributed by atoms with E-state index in [4.69, 9.17) is 16.3 Å². The Kier molecular flexibility index (Phi) is 3.45. The fourth-order valence-corrected chi connectivity index (χ4v) is 2.05. The molecule has 0 unspecified atom stereocenters. The number of carbonyl (C=O) groups excluding carboxylic acids is 1. The van der Waals surface area contributed by atoms with Gasteiger partial charge in [0.15, 0.2) is 5.78 Å². The number of hydrogen-bond acceptors (Lipinski definition) is 2. The van der Waals surface area contributed by atoms with Crippen molar-refractivity contribution in [2.24, 2.45) is 0 Å². The normalized spacial score (nSPS) is 14.1. The van der Waals surface area contributed by atoms with E-state index in [9.17, 15) is 9.18 Å². The molecule has 1 aliphatic rings. The molecule has 4 heteroatoms. The molecule has 0 amide bonds. The van der Waals surface area contributed by atoms with Gasteiger partial charge >= 0.3 is 0 Å². The standard InChI is InChI=1S/C16H12ClFO2/c17-11-3-8-14(15(18)9-11)16(19)10-1-4-12(5-2-10)20-13-6-7-13/h1-5,8-9,13H,6-7H2. The van der Waals surface area contributed by atoms with Crippen LogP contribution in [0.25, 0.3) is 0 Å². The van der Waals surface area contributed by atoms with Crippen LogP contribution in [0.4, 0.5) is 4.39 Å². The Morgan fingerprint density at radius 2 is 1.85 bits per heavy atom. The molecule has 0 aromatic heterocycles. The molecule has 0 heterocycles. The van der Waals surface area contributed by atoms with E-state index in [0.29, 0.717) is 11.7 Å². The van der Waals surface area contributed by atoms with Gasteiger partial charge < -0.3 is 4.74 Å². The van der Waals surface area contributed by atoms with Gasteiger partial charge in [0.2, 0.25) is 0 Å². The lowest BCUT2D eigenvalue weighted by molar-refractivity contribution is 0.103. The Hall–Kier alpha value is -1.87. The summed E-state index contributed by atoms with van der Waals surface area (Å²) < 4.78 is 19.3. The number of ether oxygens (including phenoxy) is 1. The van der Waals surface area contributed by atoms with Gasteiger partial charge in [-0.25, -0.2) is 4.39 Å². The Balaban J connectivity index is 1.82. The first kappa shape index (κ1) is 13.1. The molecule has 2 aromatic rings. The highest BCUT2D eigenvalue weighted by Gasteiger charge is 2.23. The third kappa shape index (κ3) is 2.83. The van der Waals surface area contributed by atoms with Gasteiger partial charge in [0.1, 0.15) is 11.6 Å². The quantitative estimate of drug-likeness (QED) is 0.787. The van der Waals surface area contributed by atoms with Crippen molar-refractivity contribution < 1.29 is 13.9 Å². The highest BCUT2D eigenvalue weighted by atomic mass is 35.5. The molecule has 1 fully saturated rings. The van der Waals surface area contributed by atoms with Crippen LogP contribution >= 0.6 is 11.6 Å². The molecule has 2 nitrogen and oxygen atoms in total. The van der Waals surface area contributed by atoms with Crippen LogP contribution in [0, 0.1) is 5.82 Å². The molecule has 0 saturated heterocycles. The molecule has 0 aliphatic heterocycles. The van der Waals surface area contributed by atoms with Crippen LogP contribution < -0.4 is 4.74 Å². The third-order valence-electron chi connectivity index (χ3n) is 3.12. The predicted octanol–water partition coefficient (Wildman–Crippen LogP) is 4.25. The van der Waals surface area contributed by atoms with Crippen LogP contribution in [-0.4, -0.2) is 11.9 Å². The van der Waals surface area contributed by atoms with Crippen LogP contribution in [-0.2, 0) is 0 Å². The van der Waals surface area contributed by atoms with E-state index in [0.717, 1.165) is 24.7 Å². The third-order valence-corrected chi connectivity index (χ3v) is 3.35. The zero-order valence-corrected chi connectivity index (χ0v) is 11.4. The monoisotopic (exact) mass is 290 g/mol. The van der Waals surface area contributed by atoms with Gasteiger partial charge in [-0.3, -0.25) is 4.79 Å². The van der Waals surface area contributed by atoms with Crippen LogP contribution in [0.2, 0.25) is 5.02 Å². The number of ketones is 1. The summed E-state index contributed by atoms with van der Waals surface area (Å²) in [5.74, 6) is -0.237. The van der Waals surface area contributed by atoms with Crippen molar-refractivity contribution in [1.29, 1.82) is 0 Å². The molecule has 0 atom stereocenters. The predicted molar refractivity (Wildman–Crippen MR) is 74.9 cm³/mol. The molecule has 2 aromatic carbocycles. The van der Waals surface area contributed by atoms with Crippen molar-refractivity contribution in [1.82, 2.24) is 0 Å². The topological polar surface area (TPSA) is 26.3 Å². The van der Waals surface area contributed by atoms with Crippen LogP contribution in [0.15, 0.2) is 42.5 Å². The van der Waals surface area contributed by atoms with Gasteiger partial charge in [-0.15, -0.1) is 0 Å². The van der Waals surface area contributed by atoms with Crippen molar-refractivity contribution in [3.8, 4) is 5.75 Å². The van der Waals surface area contributed by atoms with E-state index >= 15 is 0 Å². The Morgan fingerprint density at radius 3 is 2.45 bits per heavy atom. The minimum atomic E-state index is -0.610. The lowest BCUT2D eigenvalue weighted by atomic mass is 10.0. The average molecular weight is 291 g/mol. The minimum absolute atomic E-state index is 0.0188. The molecule has 3 rings (SSSR count). The van der Waals surface area contributed by atoms with E-state index in [2.05, 4.69) is 0 Å². The number of halogens is 2. The maximum absolute atomic E-state index is 13.7. The second-order valence-corrected chi connectivity index (χ2v) is 5.23. The van der Waals surface area contributed by atoms with Gasteiger partial charge in [-0.05, 0) is 55.3 Å². The Morgan fingerprint density at radius 1 is 1.15 bits per heavy atom. The maximum atomic E-state index is 13.7. The van der Waals surface area contributed by atoms with Crippen LogP contribution in [0.5, 0.6) is 5.75 Å². The lowest BCUT2D eigenvalue weighted by Crippen LogP contribution is -2.04. The smallest absolute Gasteiger partial charge is 0.195 e. The van der Waals surface area contributed by atoms with E-state index < -0.39 is 5.82 Å². The van der Waals surface area contributed by atoms with Gasteiger partial charge in [-0.2, -0.15) is 0 Å². The Bertz CT molecular complexity index is 648. The number of rotatable bonds is 4. The van der Waals surface area contributed by atoms with Crippen molar-refractivity contribution >= 4 is 17.4 Å². The molecule has 1 aliphatic carbocycles. The average Bonchev–Trinajstić information content (AvgIpc) is 3.23. The number of benzene rings is 2. The van der Waals surface area contributed by atoms with Crippen molar-refractivity contribution in [3.63, 3.8) is 0 Å². The first-order chi connectivity index (χ1) is 9.63. The molecular formula is C16H12ClFO2. The molecule has 0 radical (unpaired) electrons. The summed E-state index contributed by atoms with van der Waals surface area (Å²) in [6.45, 7) is 0. The molecule has 0 N–H and O–H groups in total. The van der Waals surface area contributed by atoms with E-state index in [1.807, 2.05) is 0 Å². The molecular weight excluding hydrogens is 279 g/mol. The first-order valence-corrected chi connectivity index (χ1v) is 6.78. The molecule has 0 bridgehead atoms. The molecule has 20 heavy (non-hydrogen) atoms. The molecule has 1 saturated carbocycles. The summed E-state index contributed by atoms with van der Waals surface area (Å²) >= 11 is 5.67. The van der Waals surface area contributed by atoms with Crippen LogP contribution in [0.1, 0.15) is 28.8 Å². The second kappa shape index (κ2) is 5.25. The summed E-state index contributed by atoms with van der Waals surface area (Å²) in [6.07, 6.45) is 2.47. The lowest BCUT2D eigenvalue weighted by Gasteiger charge is -2.06. The fourth-order valence-electron chi connectivity index (χ4n) is 1.89. The summed E-state index contributed by atoms with van der Waals surface area (Å²) in [6, 6.07) is 10.8. The van der Waals surface area contributed by atoms with Crippen LogP contribution in [0.3, 0.4) is 0 Å². The second-order valence-electron chi connectivity index (χ2n) is 4.79. The van der Waals surface area contributed by atoms with Gasteiger partial charge in [-0.1, -0.05) is 11.6 Å². The van der Waals surface area contributed by atoms with Crippen molar-refractivity contribution in [2.45, 2.75) is 18.9 Å². The summed E-state index contributed by atoms with van der Waals surface area (Å²) in [5, 5.41) is 0.271. The molecule has 0 spiro atoms. The highest BCUT2D eigenvalue weighted by Crippen LogP contribution is 2.27.